The van der Waals surface area contributed by atoms with Gasteiger partial charge in [0.1, 0.15) is 6.10 Å². The van der Waals surface area contributed by atoms with Crippen LogP contribution >= 0.6 is 0 Å². The predicted octanol–water partition coefficient (Wildman–Crippen LogP) is 1.70. The Hall–Kier alpha value is -0.550. The highest BCUT2D eigenvalue weighted by Gasteiger charge is 2.23. The molecule has 0 aromatic rings. The Bertz CT molecular complexity index is 153. The summed E-state index contributed by atoms with van der Waals surface area (Å²) in [6.07, 6.45) is 3.67. The molecule has 1 fully saturated rings. The summed E-state index contributed by atoms with van der Waals surface area (Å²) in [7, 11) is 0. The van der Waals surface area contributed by atoms with Crippen LogP contribution in [0, 0.1) is 23.2 Å². The highest BCUT2D eigenvalue weighted by Crippen LogP contribution is 2.29. The number of nitrogens with zero attached hydrogens (tertiary/aromatic N) is 1. The zero-order chi connectivity index (χ0) is 8.27. The lowest BCUT2D eigenvalue weighted by molar-refractivity contribution is 0.119. The lowest BCUT2D eigenvalue weighted by Crippen LogP contribution is -2.23. The molecule has 1 aliphatic carbocycles. The van der Waals surface area contributed by atoms with Gasteiger partial charge in [0, 0.05) is 0 Å². The average molecular weight is 153 g/mol. The molecule has 2 nitrogen and oxygen atoms in total. The quantitative estimate of drug-likeness (QED) is 0.583. The molecular formula is C9H15NO. The summed E-state index contributed by atoms with van der Waals surface area (Å²) >= 11 is 0. The second-order valence-electron chi connectivity index (χ2n) is 3.59. The lowest BCUT2D eigenvalue weighted by atomic mass is 9.80. The van der Waals surface area contributed by atoms with Crippen molar-refractivity contribution in [1.82, 2.24) is 0 Å². The van der Waals surface area contributed by atoms with Crippen molar-refractivity contribution in [3.05, 3.63) is 0 Å². The van der Waals surface area contributed by atoms with Crippen LogP contribution in [-0.4, -0.2) is 11.2 Å². The second kappa shape index (κ2) is 3.73. The Morgan fingerprint density at radius 2 is 1.91 bits per heavy atom. The number of rotatable bonds is 1. The third-order valence-electron chi connectivity index (χ3n) is 2.64. The predicted molar refractivity (Wildman–Crippen MR) is 42.7 cm³/mol. The van der Waals surface area contributed by atoms with Gasteiger partial charge in [-0.05, 0) is 24.7 Å². The Balaban J connectivity index is 2.34. The minimum atomic E-state index is -0.720. The van der Waals surface area contributed by atoms with Gasteiger partial charge in [0.25, 0.3) is 0 Å². The van der Waals surface area contributed by atoms with Crippen LogP contribution in [0.25, 0.3) is 0 Å². The number of nitriles is 1. The summed E-state index contributed by atoms with van der Waals surface area (Å²) in [5.41, 5.74) is 0. The van der Waals surface area contributed by atoms with Gasteiger partial charge in [-0.15, -0.1) is 0 Å². The molecule has 1 aliphatic rings. The Morgan fingerprint density at radius 1 is 1.36 bits per heavy atom. The first-order valence-electron chi connectivity index (χ1n) is 4.31. The van der Waals surface area contributed by atoms with Crippen LogP contribution in [-0.2, 0) is 0 Å². The van der Waals surface area contributed by atoms with Crippen molar-refractivity contribution in [2.24, 2.45) is 11.8 Å². The topological polar surface area (TPSA) is 44.0 Å². The molecule has 2 heteroatoms. The fourth-order valence-electron chi connectivity index (χ4n) is 1.71. The van der Waals surface area contributed by atoms with E-state index in [9.17, 15) is 5.11 Å². The number of aliphatic hydroxyl groups is 1. The van der Waals surface area contributed by atoms with E-state index in [1.54, 1.807) is 0 Å². The molecule has 0 spiro atoms. The lowest BCUT2D eigenvalue weighted by Gasteiger charge is -2.26. The minimum absolute atomic E-state index is 0.246. The Morgan fingerprint density at radius 3 is 2.36 bits per heavy atom. The molecule has 0 heterocycles. The summed E-state index contributed by atoms with van der Waals surface area (Å²) in [5.74, 6) is 1.04. The molecule has 1 unspecified atom stereocenters. The molecule has 0 aliphatic heterocycles. The molecule has 1 rings (SSSR count). The summed E-state index contributed by atoms with van der Waals surface area (Å²) in [4.78, 5) is 0. The van der Waals surface area contributed by atoms with Crippen LogP contribution < -0.4 is 0 Å². The zero-order valence-electron chi connectivity index (χ0n) is 6.95. The molecule has 0 saturated heterocycles. The summed E-state index contributed by atoms with van der Waals surface area (Å²) in [6.45, 7) is 2.23. The van der Waals surface area contributed by atoms with Crippen molar-refractivity contribution >= 4 is 0 Å². The minimum Gasteiger partial charge on any atom is -0.378 e. The smallest absolute Gasteiger partial charge is 0.143 e. The molecule has 1 saturated carbocycles. The van der Waals surface area contributed by atoms with Gasteiger partial charge in [0.05, 0.1) is 6.07 Å². The van der Waals surface area contributed by atoms with Crippen LogP contribution in [0.3, 0.4) is 0 Å². The summed E-state index contributed by atoms with van der Waals surface area (Å²) in [5, 5.41) is 17.7. The monoisotopic (exact) mass is 153 g/mol. The van der Waals surface area contributed by atoms with E-state index in [1.807, 2.05) is 6.07 Å². The van der Waals surface area contributed by atoms with Crippen LogP contribution in [0.1, 0.15) is 32.6 Å². The highest BCUT2D eigenvalue weighted by atomic mass is 16.3. The molecule has 0 amide bonds. The van der Waals surface area contributed by atoms with Gasteiger partial charge in [-0.2, -0.15) is 5.26 Å². The molecule has 0 radical (unpaired) electrons. The van der Waals surface area contributed by atoms with Crippen molar-refractivity contribution in [2.45, 2.75) is 38.7 Å². The van der Waals surface area contributed by atoms with Crippen molar-refractivity contribution in [1.29, 1.82) is 5.26 Å². The molecular weight excluding hydrogens is 138 g/mol. The molecule has 0 aromatic heterocycles. The van der Waals surface area contributed by atoms with E-state index in [0.29, 0.717) is 0 Å². The third kappa shape index (κ3) is 2.20. The van der Waals surface area contributed by atoms with Gasteiger partial charge in [-0.1, -0.05) is 19.8 Å². The normalized spacial score (nSPS) is 34.3. The number of hydrogen-bond acceptors (Lipinski definition) is 2. The van der Waals surface area contributed by atoms with E-state index >= 15 is 0 Å². The van der Waals surface area contributed by atoms with Crippen LogP contribution in [0.4, 0.5) is 0 Å². The molecule has 1 N–H and O–H groups in total. The molecule has 62 valence electrons. The largest absolute Gasteiger partial charge is 0.378 e. The maximum absolute atomic E-state index is 9.21. The van der Waals surface area contributed by atoms with Gasteiger partial charge in [0.2, 0.25) is 0 Å². The summed E-state index contributed by atoms with van der Waals surface area (Å²) in [6, 6.07) is 1.91. The zero-order valence-corrected chi connectivity index (χ0v) is 6.95. The van der Waals surface area contributed by atoms with Crippen LogP contribution in [0.15, 0.2) is 0 Å². The number of aliphatic hydroxyl groups excluding tert-OH is 1. The molecule has 0 bridgehead atoms. The summed E-state index contributed by atoms with van der Waals surface area (Å²) < 4.78 is 0. The van der Waals surface area contributed by atoms with E-state index in [-0.39, 0.29) is 5.92 Å². The van der Waals surface area contributed by atoms with E-state index in [1.165, 1.54) is 12.8 Å². The SMILES string of the molecule is CC1CCC(C(O)C#N)CC1. The first kappa shape index (κ1) is 8.55. The first-order chi connectivity index (χ1) is 5.24. The van der Waals surface area contributed by atoms with E-state index < -0.39 is 6.10 Å². The average Bonchev–Trinajstić information content (AvgIpc) is 2.05. The van der Waals surface area contributed by atoms with Gasteiger partial charge in [-0.3, -0.25) is 0 Å². The van der Waals surface area contributed by atoms with Crippen LogP contribution in [0.2, 0.25) is 0 Å². The Kier molecular flexibility index (Phi) is 2.90. The van der Waals surface area contributed by atoms with Crippen molar-refractivity contribution in [3.8, 4) is 6.07 Å². The third-order valence-corrected chi connectivity index (χ3v) is 2.64. The number of hydrogen-bond donors (Lipinski definition) is 1. The fourth-order valence-corrected chi connectivity index (χ4v) is 1.71. The highest BCUT2D eigenvalue weighted by molar-refractivity contribution is 4.89. The van der Waals surface area contributed by atoms with E-state index in [0.717, 1.165) is 18.8 Å². The van der Waals surface area contributed by atoms with Crippen LogP contribution in [0.5, 0.6) is 0 Å². The Labute approximate surface area is 67.8 Å². The van der Waals surface area contributed by atoms with Crippen molar-refractivity contribution in [3.63, 3.8) is 0 Å². The van der Waals surface area contributed by atoms with Gasteiger partial charge in [0.15, 0.2) is 0 Å². The van der Waals surface area contributed by atoms with Gasteiger partial charge in [-0.25, -0.2) is 0 Å². The fraction of sp³-hybridized carbons (Fsp3) is 0.889. The van der Waals surface area contributed by atoms with E-state index in [2.05, 4.69) is 6.92 Å². The van der Waals surface area contributed by atoms with Crippen molar-refractivity contribution < 1.29 is 5.11 Å². The molecule has 1 atom stereocenters. The van der Waals surface area contributed by atoms with Crippen molar-refractivity contribution in [2.75, 3.05) is 0 Å². The molecule has 11 heavy (non-hydrogen) atoms. The first-order valence-corrected chi connectivity index (χ1v) is 4.31. The van der Waals surface area contributed by atoms with E-state index in [4.69, 9.17) is 5.26 Å². The maximum atomic E-state index is 9.21. The second-order valence-corrected chi connectivity index (χ2v) is 3.59. The van der Waals surface area contributed by atoms with Gasteiger partial charge >= 0.3 is 0 Å². The molecule has 0 aromatic carbocycles. The van der Waals surface area contributed by atoms with Gasteiger partial charge < -0.3 is 5.11 Å². The maximum Gasteiger partial charge on any atom is 0.143 e. The standard InChI is InChI=1S/C9H15NO/c1-7-2-4-8(5-3-7)9(11)6-10/h7-9,11H,2-5H2,1H3.